The van der Waals surface area contributed by atoms with Gasteiger partial charge in [0, 0.05) is 10.0 Å². The number of ketones is 1. The lowest BCUT2D eigenvalue weighted by molar-refractivity contribution is 0.103. The third-order valence-electron chi connectivity index (χ3n) is 2.93. The zero-order valence-corrected chi connectivity index (χ0v) is 12.8. The molecule has 104 valence electrons. The van der Waals surface area contributed by atoms with Crippen LogP contribution < -0.4 is 5.73 Å². The molecular formula is C15H12BrClFNO. The van der Waals surface area contributed by atoms with Gasteiger partial charge in [0.15, 0.2) is 11.6 Å². The normalized spacial score (nSPS) is 10.6. The number of hydrogen-bond acceptors (Lipinski definition) is 2. The Bertz CT molecular complexity index is 643. The second-order valence-electron chi connectivity index (χ2n) is 4.29. The summed E-state index contributed by atoms with van der Waals surface area (Å²) in [5.74, 6) is -1.10. The maximum atomic E-state index is 14.0. The molecule has 20 heavy (non-hydrogen) atoms. The lowest BCUT2D eigenvalue weighted by Gasteiger charge is -2.06. The maximum absolute atomic E-state index is 14.0. The van der Waals surface area contributed by atoms with Gasteiger partial charge in [0.25, 0.3) is 0 Å². The third-order valence-corrected chi connectivity index (χ3v) is 4.19. The van der Waals surface area contributed by atoms with Crippen LogP contribution in [0.4, 0.5) is 4.39 Å². The van der Waals surface area contributed by atoms with Crippen LogP contribution in [0.15, 0.2) is 40.9 Å². The molecule has 0 amide bonds. The molecular weight excluding hydrogens is 345 g/mol. The summed E-state index contributed by atoms with van der Waals surface area (Å²) in [6.45, 7) is 0.546. The molecule has 0 fully saturated rings. The quantitative estimate of drug-likeness (QED) is 0.665. The zero-order valence-electron chi connectivity index (χ0n) is 10.5. The molecule has 2 rings (SSSR count). The molecule has 2 N–H and O–H groups in total. The maximum Gasteiger partial charge on any atom is 0.196 e. The Labute approximate surface area is 129 Å². The van der Waals surface area contributed by atoms with E-state index in [0.717, 1.165) is 12.0 Å². The van der Waals surface area contributed by atoms with Gasteiger partial charge in [-0.15, -0.1) is 0 Å². The smallest absolute Gasteiger partial charge is 0.196 e. The molecule has 2 aromatic carbocycles. The summed E-state index contributed by atoms with van der Waals surface area (Å²) in [4.78, 5) is 12.3. The van der Waals surface area contributed by atoms with Crippen molar-refractivity contribution in [3.8, 4) is 0 Å². The van der Waals surface area contributed by atoms with E-state index in [9.17, 15) is 9.18 Å². The van der Waals surface area contributed by atoms with E-state index in [2.05, 4.69) is 15.9 Å². The minimum atomic E-state index is -0.711. The molecule has 0 aromatic heterocycles. The van der Waals surface area contributed by atoms with Crippen molar-refractivity contribution in [3.05, 3.63) is 68.4 Å². The number of halogens is 3. The number of carbonyl (C=O) groups excluding carboxylic acids is 1. The Balaban J connectivity index is 2.34. The van der Waals surface area contributed by atoms with Crippen molar-refractivity contribution in [3.63, 3.8) is 0 Å². The van der Waals surface area contributed by atoms with Gasteiger partial charge in [-0.05, 0) is 46.6 Å². The van der Waals surface area contributed by atoms with Crippen LogP contribution in [-0.2, 0) is 6.42 Å². The minimum absolute atomic E-state index is 0.0372. The number of benzene rings is 2. The highest BCUT2D eigenvalue weighted by Crippen LogP contribution is 2.28. The molecule has 0 spiro atoms. The molecule has 0 saturated heterocycles. The molecule has 0 radical (unpaired) electrons. The monoisotopic (exact) mass is 355 g/mol. The van der Waals surface area contributed by atoms with E-state index < -0.39 is 11.6 Å². The summed E-state index contributed by atoms with van der Waals surface area (Å²) < 4.78 is 14.4. The Morgan fingerprint density at radius 2 is 1.85 bits per heavy atom. The van der Waals surface area contributed by atoms with Crippen LogP contribution in [0.25, 0.3) is 0 Å². The SMILES string of the molecule is NCCc1ccc(C(=O)c2ccc(Br)c(Cl)c2F)cc1. The molecule has 0 atom stereocenters. The predicted octanol–water partition coefficient (Wildman–Crippen LogP) is 3.97. The lowest BCUT2D eigenvalue weighted by Crippen LogP contribution is -2.06. The van der Waals surface area contributed by atoms with E-state index in [0.29, 0.717) is 16.6 Å². The topological polar surface area (TPSA) is 43.1 Å². The number of carbonyl (C=O) groups is 1. The lowest BCUT2D eigenvalue weighted by atomic mass is 10.0. The van der Waals surface area contributed by atoms with Crippen LogP contribution in [0.2, 0.25) is 5.02 Å². The average molecular weight is 357 g/mol. The van der Waals surface area contributed by atoms with E-state index in [1.165, 1.54) is 6.07 Å². The summed E-state index contributed by atoms with van der Waals surface area (Å²) in [7, 11) is 0. The Morgan fingerprint density at radius 3 is 2.45 bits per heavy atom. The van der Waals surface area contributed by atoms with Gasteiger partial charge in [0.1, 0.15) is 0 Å². The van der Waals surface area contributed by atoms with Gasteiger partial charge in [-0.25, -0.2) is 4.39 Å². The van der Waals surface area contributed by atoms with Crippen molar-refractivity contribution in [2.75, 3.05) is 6.54 Å². The molecule has 2 nitrogen and oxygen atoms in total. The van der Waals surface area contributed by atoms with E-state index in [1.54, 1.807) is 18.2 Å². The van der Waals surface area contributed by atoms with Crippen LogP contribution in [0.1, 0.15) is 21.5 Å². The number of nitrogens with two attached hydrogens (primary N) is 1. The highest BCUT2D eigenvalue weighted by molar-refractivity contribution is 9.10. The summed E-state index contributed by atoms with van der Waals surface area (Å²) in [5.41, 5.74) is 6.89. The fraction of sp³-hybridized carbons (Fsp3) is 0.133. The molecule has 2 aromatic rings. The van der Waals surface area contributed by atoms with Crippen LogP contribution in [0, 0.1) is 5.82 Å². The second kappa shape index (κ2) is 6.48. The van der Waals surface area contributed by atoms with Gasteiger partial charge in [0.05, 0.1) is 10.6 Å². The van der Waals surface area contributed by atoms with E-state index in [-0.39, 0.29) is 10.6 Å². The summed E-state index contributed by atoms with van der Waals surface area (Å²) in [5, 5.41) is -0.0874. The first-order chi connectivity index (χ1) is 9.54. The van der Waals surface area contributed by atoms with Crippen LogP contribution >= 0.6 is 27.5 Å². The fourth-order valence-electron chi connectivity index (χ4n) is 1.85. The largest absolute Gasteiger partial charge is 0.330 e. The fourth-order valence-corrected chi connectivity index (χ4v) is 2.32. The first kappa shape index (κ1) is 15.2. The van der Waals surface area contributed by atoms with Crippen LogP contribution in [-0.4, -0.2) is 12.3 Å². The highest BCUT2D eigenvalue weighted by atomic mass is 79.9. The summed E-state index contributed by atoms with van der Waals surface area (Å²) >= 11 is 8.91. The third kappa shape index (κ3) is 3.08. The summed E-state index contributed by atoms with van der Waals surface area (Å²) in [6, 6.07) is 9.95. The Morgan fingerprint density at radius 1 is 1.20 bits per heavy atom. The number of rotatable bonds is 4. The molecule has 0 heterocycles. The predicted molar refractivity (Wildman–Crippen MR) is 81.7 cm³/mol. The van der Waals surface area contributed by atoms with Gasteiger partial charge in [-0.1, -0.05) is 35.9 Å². The van der Waals surface area contributed by atoms with E-state index in [4.69, 9.17) is 17.3 Å². The van der Waals surface area contributed by atoms with Crippen molar-refractivity contribution in [2.24, 2.45) is 5.73 Å². The highest BCUT2D eigenvalue weighted by Gasteiger charge is 2.17. The molecule has 5 heteroatoms. The molecule has 0 unspecified atom stereocenters. The van der Waals surface area contributed by atoms with Crippen molar-refractivity contribution in [1.82, 2.24) is 0 Å². The first-order valence-electron chi connectivity index (χ1n) is 6.01. The van der Waals surface area contributed by atoms with Crippen LogP contribution in [0.3, 0.4) is 0 Å². The van der Waals surface area contributed by atoms with Gasteiger partial charge >= 0.3 is 0 Å². The molecule has 0 bridgehead atoms. The average Bonchev–Trinajstić information content (AvgIpc) is 2.45. The van der Waals surface area contributed by atoms with Crippen molar-refractivity contribution >= 4 is 33.3 Å². The van der Waals surface area contributed by atoms with Gasteiger partial charge in [-0.2, -0.15) is 0 Å². The van der Waals surface area contributed by atoms with Gasteiger partial charge < -0.3 is 5.73 Å². The molecule has 0 saturated carbocycles. The van der Waals surface area contributed by atoms with Crippen molar-refractivity contribution < 1.29 is 9.18 Å². The zero-order chi connectivity index (χ0) is 14.7. The Kier molecular flexibility index (Phi) is 4.91. The van der Waals surface area contributed by atoms with Gasteiger partial charge in [0.2, 0.25) is 0 Å². The minimum Gasteiger partial charge on any atom is -0.330 e. The molecule has 0 aliphatic rings. The number of hydrogen-bond donors (Lipinski definition) is 1. The van der Waals surface area contributed by atoms with Crippen molar-refractivity contribution in [2.45, 2.75) is 6.42 Å². The summed E-state index contributed by atoms with van der Waals surface area (Å²) in [6.07, 6.45) is 0.743. The standard InChI is InChI=1S/C15H12BrClFNO/c16-12-6-5-11(14(18)13(12)17)15(20)10-3-1-9(2-4-10)7-8-19/h1-6H,7-8,19H2. The van der Waals surface area contributed by atoms with E-state index in [1.807, 2.05) is 12.1 Å². The first-order valence-corrected chi connectivity index (χ1v) is 7.19. The van der Waals surface area contributed by atoms with Gasteiger partial charge in [-0.3, -0.25) is 4.79 Å². The molecule has 0 aliphatic heterocycles. The van der Waals surface area contributed by atoms with E-state index >= 15 is 0 Å². The van der Waals surface area contributed by atoms with Crippen LogP contribution in [0.5, 0.6) is 0 Å². The Hall–Kier alpha value is -1.23. The molecule has 0 aliphatic carbocycles. The van der Waals surface area contributed by atoms with Crippen molar-refractivity contribution in [1.29, 1.82) is 0 Å². The second-order valence-corrected chi connectivity index (χ2v) is 5.52.